The molecule has 0 bridgehead atoms. The number of nitrogens with zero attached hydrogens (tertiary/aromatic N) is 3. The number of methoxy groups -OCH3 is 1. The highest BCUT2D eigenvalue weighted by atomic mass is 32.2. The minimum absolute atomic E-state index is 0.0348. The molecule has 0 aliphatic carbocycles. The van der Waals surface area contributed by atoms with Crippen LogP contribution in [-0.2, 0) is 11.3 Å². The second-order valence-corrected chi connectivity index (χ2v) is 8.82. The average molecular weight is 452 g/mol. The number of ether oxygens (including phenoxy) is 1. The Morgan fingerprint density at radius 1 is 1.13 bits per heavy atom. The van der Waals surface area contributed by atoms with Crippen LogP contribution in [0.3, 0.4) is 0 Å². The van der Waals surface area contributed by atoms with E-state index in [0.717, 1.165) is 4.88 Å². The van der Waals surface area contributed by atoms with Gasteiger partial charge >= 0.3 is 0 Å². The second-order valence-electron chi connectivity index (χ2n) is 6.84. The topological polar surface area (TPSA) is 64.4 Å². The zero-order valence-electron chi connectivity index (χ0n) is 17.1. The number of amides is 1. The van der Waals surface area contributed by atoms with Gasteiger partial charge in [-0.25, -0.2) is 4.98 Å². The lowest BCUT2D eigenvalue weighted by Gasteiger charge is -2.18. The number of aromatic nitrogens is 2. The number of hydrogen-bond acceptors (Lipinski definition) is 6. The van der Waals surface area contributed by atoms with Crippen molar-refractivity contribution in [1.29, 1.82) is 0 Å². The number of rotatable bonds is 7. The largest absolute Gasteiger partial charge is 0.495 e. The van der Waals surface area contributed by atoms with E-state index in [1.807, 2.05) is 47.8 Å². The van der Waals surface area contributed by atoms with E-state index in [1.54, 1.807) is 48.6 Å². The van der Waals surface area contributed by atoms with E-state index in [4.69, 9.17) is 9.72 Å². The van der Waals surface area contributed by atoms with Crippen LogP contribution < -0.4 is 10.3 Å². The molecule has 0 aliphatic heterocycles. The molecule has 31 heavy (non-hydrogen) atoms. The lowest BCUT2D eigenvalue weighted by molar-refractivity contribution is -0.127. The smallest absolute Gasteiger partial charge is 0.266 e. The maximum atomic E-state index is 13.4. The number of thiophene rings is 1. The molecular weight excluding hydrogens is 430 g/mol. The van der Waals surface area contributed by atoms with E-state index in [-0.39, 0.29) is 17.2 Å². The third-order valence-corrected chi connectivity index (χ3v) is 6.58. The number of hydrogen-bond donors (Lipinski definition) is 0. The van der Waals surface area contributed by atoms with E-state index in [9.17, 15) is 9.59 Å². The molecule has 158 valence electrons. The van der Waals surface area contributed by atoms with Gasteiger partial charge in [0, 0.05) is 11.9 Å². The van der Waals surface area contributed by atoms with Crippen LogP contribution in [0.15, 0.2) is 76.0 Å². The first-order valence-corrected chi connectivity index (χ1v) is 11.5. The van der Waals surface area contributed by atoms with Gasteiger partial charge in [-0.2, -0.15) is 0 Å². The SMILES string of the molecule is COc1ccccc1-n1c(SCC(=O)N(C)Cc2cccs2)nc2ccccc2c1=O. The quantitative estimate of drug-likeness (QED) is 0.311. The molecule has 8 heteroatoms. The summed E-state index contributed by atoms with van der Waals surface area (Å²) in [6, 6.07) is 18.5. The maximum Gasteiger partial charge on any atom is 0.266 e. The number of benzene rings is 2. The van der Waals surface area contributed by atoms with Gasteiger partial charge in [0.2, 0.25) is 5.91 Å². The predicted octanol–water partition coefficient (Wildman–Crippen LogP) is 4.21. The Bertz CT molecular complexity index is 1270. The van der Waals surface area contributed by atoms with Gasteiger partial charge in [-0.1, -0.05) is 42.1 Å². The summed E-state index contributed by atoms with van der Waals surface area (Å²) in [5, 5.41) is 2.96. The summed E-state index contributed by atoms with van der Waals surface area (Å²) in [5.41, 5.74) is 0.993. The van der Waals surface area contributed by atoms with Crippen LogP contribution in [0, 0.1) is 0 Å². The molecule has 2 aromatic carbocycles. The molecule has 0 radical (unpaired) electrons. The van der Waals surface area contributed by atoms with Crippen LogP contribution in [-0.4, -0.2) is 40.3 Å². The molecule has 0 spiro atoms. The Labute approximate surface area is 188 Å². The fourth-order valence-electron chi connectivity index (χ4n) is 3.20. The molecule has 0 atom stereocenters. The number of para-hydroxylation sites is 3. The molecule has 4 aromatic rings. The van der Waals surface area contributed by atoms with Crippen molar-refractivity contribution in [3.63, 3.8) is 0 Å². The lowest BCUT2D eigenvalue weighted by Crippen LogP contribution is -2.28. The Morgan fingerprint density at radius 3 is 2.68 bits per heavy atom. The zero-order chi connectivity index (χ0) is 21.8. The number of carbonyl (C=O) groups excluding carboxylic acids is 1. The van der Waals surface area contributed by atoms with Crippen molar-refractivity contribution in [3.8, 4) is 11.4 Å². The number of fused-ring (bicyclic) bond motifs is 1. The molecule has 0 aliphatic rings. The fourth-order valence-corrected chi connectivity index (χ4v) is 4.90. The molecule has 1 amide bonds. The van der Waals surface area contributed by atoms with Gasteiger partial charge in [0.15, 0.2) is 5.16 Å². The van der Waals surface area contributed by atoms with E-state index in [2.05, 4.69) is 0 Å². The summed E-state index contributed by atoms with van der Waals surface area (Å²) < 4.78 is 7.00. The minimum atomic E-state index is -0.197. The normalized spacial score (nSPS) is 10.9. The summed E-state index contributed by atoms with van der Waals surface area (Å²) in [6.07, 6.45) is 0. The van der Waals surface area contributed by atoms with Crippen LogP contribution >= 0.6 is 23.1 Å². The van der Waals surface area contributed by atoms with Gasteiger partial charge in [-0.3, -0.25) is 14.2 Å². The third kappa shape index (κ3) is 4.50. The van der Waals surface area contributed by atoms with Crippen molar-refractivity contribution in [3.05, 3.63) is 81.3 Å². The van der Waals surface area contributed by atoms with Crippen LogP contribution in [0.25, 0.3) is 16.6 Å². The Morgan fingerprint density at radius 2 is 1.90 bits per heavy atom. The molecule has 0 unspecified atom stereocenters. The maximum absolute atomic E-state index is 13.4. The first-order chi connectivity index (χ1) is 15.1. The molecule has 6 nitrogen and oxygen atoms in total. The van der Waals surface area contributed by atoms with E-state index >= 15 is 0 Å². The van der Waals surface area contributed by atoms with Gasteiger partial charge < -0.3 is 9.64 Å². The van der Waals surface area contributed by atoms with Gasteiger partial charge in [-0.05, 0) is 35.7 Å². The molecule has 0 N–H and O–H groups in total. The summed E-state index contributed by atoms with van der Waals surface area (Å²) in [6.45, 7) is 0.557. The van der Waals surface area contributed by atoms with Crippen LogP contribution in [0.1, 0.15) is 4.88 Å². The van der Waals surface area contributed by atoms with Crippen molar-refractivity contribution in [1.82, 2.24) is 14.5 Å². The molecule has 0 fully saturated rings. The lowest BCUT2D eigenvalue weighted by atomic mass is 10.2. The van der Waals surface area contributed by atoms with Gasteiger partial charge in [0.25, 0.3) is 5.56 Å². The van der Waals surface area contributed by atoms with Crippen molar-refractivity contribution >= 4 is 39.9 Å². The molecule has 4 rings (SSSR count). The van der Waals surface area contributed by atoms with Crippen LogP contribution in [0.5, 0.6) is 5.75 Å². The Hall–Kier alpha value is -3.10. The molecule has 2 aromatic heterocycles. The van der Waals surface area contributed by atoms with E-state index < -0.39 is 0 Å². The molecule has 2 heterocycles. The van der Waals surface area contributed by atoms with Crippen molar-refractivity contribution in [2.24, 2.45) is 0 Å². The zero-order valence-corrected chi connectivity index (χ0v) is 18.8. The summed E-state index contributed by atoms with van der Waals surface area (Å²) in [7, 11) is 3.35. The number of carbonyl (C=O) groups is 1. The highest BCUT2D eigenvalue weighted by molar-refractivity contribution is 7.99. The van der Waals surface area contributed by atoms with Crippen molar-refractivity contribution in [2.45, 2.75) is 11.7 Å². The van der Waals surface area contributed by atoms with E-state index in [0.29, 0.717) is 34.0 Å². The second kappa shape index (κ2) is 9.36. The molecule has 0 saturated heterocycles. The highest BCUT2D eigenvalue weighted by Gasteiger charge is 2.18. The predicted molar refractivity (Wildman–Crippen MR) is 125 cm³/mol. The van der Waals surface area contributed by atoms with Crippen LogP contribution in [0.4, 0.5) is 0 Å². The first kappa shape index (κ1) is 21.1. The van der Waals surface area contributed by atoms with Crippen molar-refractivity contribution in [2.75, 3.05) is 19.9 Å². The Balaban J connectivity index is 1.69. The summed E-state index contributed by atoms with van der Waals surface area (Å²) in [4.78, 5) is 33.6. The van der Waals surface area contributed by atoms with E-state index in [1.165, 1.54) is 16.3 Å². The molecule has 0 saturated carbocycles. The highest BCUT2D eigenvalue weighted by Crippen LogP contribution is 2.27. The van der Waals surface area contributed by atoms with Gasteiger partial charge in [0.05, 0.1) is 36.0 Å². The molecular formula is C23H21N3O3S2. The van der Waals surface area contributed by atoms with Crippen molar-refractivity contribution < 1.29 is 9.53 Å². The standard InChI is InChI=1S/C23H21N3O3S2/c1-25(14-16-8-7-13-30-16)21(27)15-31-23-24-18-10-4-3-9-17(18)22(28)26(23)19-11-5-6-12-20(19)29-2/h3-13H,14-15H2,1-2H3. The minimum Gasteiger partial charge on any atom is -0.495 e. The number of thioether (sulfide) groups is 1. The fraction of sp³-hybridized carbons (Fsp3) is 0.174. The first-order valence-electron chi connectivity index (χ1n) is 9.63. The van der Waals surface area contributed by atoms with Gasteiger partial charge in [0.1, 0.15) is 5.75 Å². The van der Waals surface area contributed by atoms with Gasteiger partial charge in [-0.15, -0.1) is 11.3 Å². The average Bonchev–Trinajstić information content (AvgIpc) is 3.30. The Kier molecular flexibility index (Phi) is 6.39. The summed E-state index contributed by atoms with van der Waals surface area (Å²) in [5.74, 6) is 0.694. The third-order valence-electron chi connectivity index (χ3n) is 4.79. The van der Waals surface area contributed by atoms with Crippen LogP contribution in [0.2, 0.25) is 0 Å². The monoisotopic (exact) mass is 451 g/mol. The summed E-state index contributed by atoms with van der Waals surface area (Å²) >= 11 is 2.87.